The summed E-state index contributed by atoms with van der Waals surface area (Å²) < 4.78 is 26.7. The molecule has 1 aromatic carbocycles. The number of anilines is 1. The highest BCUT2D eigenvalue weighted by atomic mass is 19.2. The molecule has 0 saturated carbocycles. The van der Waals surface area contributed by atoms with E-state index in [-0.39, 0.29) is 11.3 Å². The molecule has 2 aliphatic rings. The number of rotatable bonds is 3. The first kappa shape index (κ1) is 16.1. The molecule has 25 heavy (non-hydrogen) atoms. The number of hydrogen-bond donors (Lipinski definition) is 0. The summed E-state index contributed by atoms with van der Waals surface area (Å²) in [4.78, 5) is 20.5. The fraction of sp³-hybridized carbons (Fsp3) is 0.368. The number of halogens is 2. The van der Waals surface area contributed by atoms with Crippen molar-refractivity contribution in [2.24, 2.45) is 5.41 Å². The number of carbonyl (C=O) groups is 1. The van der Waals surface area contributed by atoms with Crippen molar-refractivity contribution in [2.45, 2.75) is 19.4 Å². The average Bonchev–Trinajstić information content (AvgIpc) is 3.14. The number of carbonyl (C=O) groups excluding carboxylic acids is 1. The van der Waals surface area contributed by atoms with Gasteiger partial charge in [0.15, 0.2) is 11.6 Å². The smallest absolute Gasteiger partial charge is 0.227 e. The van der Waals surface area contributed by atoms with E-state index >= 15 is 0 Å². The summed E-state index contributed by atoms with van der Waals surface area (Å²) in [5.74, 6) is -1.83. The van der Waals surface area contributed by atoms with Gasteiger partial charge in [0.1, 0.15) is 0 Å². The Hall–Kier alpha value is -2.34. The van der Waals surface area contributed by atoms with Crippen LogP contribution in [0.15, 0.2) is 42.7 Å². The third kappa shape index (κ3) is 3.14. The van der Waals surface area contributed by atoms with E-state index < -0.39 is 11.6 Å². The zero-order chi connectivity index (χ0) is 17.4. The molecule has 3 heterocycles. The van der Waals surface area contributed by atoms with Crippen molar-refractivity contribution in [2.75, 3.05) is 24.5 Å². The van der Waals surface area contributed by atoms with Crippen LogP contribution in [0, 0.1) is 17.0 Å². The second-order valence-corrected chi connectivity index (χ2v) is 7.08. The van der Waals surface area contributed by atoms with Crippen LogP contribution < -0.4 is 4.90 Å². The number of pyridine rings is 1. The van der Waals surface area contributed by atoms with Gasteiger partial charge in [-0.05, 0) is 36.7 Å². The van der Waals surface area contributed by atoms with Crippen molar-refractivity contribution in [3.63, 3.8) is 0 Å². The zero-order valence-corrected chi connectivity index (χ0v) is 13.8. The van der Waals surface area contributed by atoms with Crippen molar-refractivity contribution in [1.82, 2.24) is 9.88 Å². The van der Waals surface area contributed by atoms with Crippen LogP contribution in [-0.4, -0.2) is 35.4 Å². The monoisotopic (exact) mass is 343 g/mol. The molecule has 1 spiro atoms. The van der Waals surface area contributed by atoms with Gasteiger partial charge in [0.2, 0.25) is 5.91 Å². The van der Waals surface area contributed by atoms with Gasteiger partial charge in [-0.3, -0.25) is 14.7 Å². The fourth-order valence-electron chi connectivity index (χ4n) is 3.97. The predicted molar refractivity (Wildman–Crippen MR) is 89.9 cm³/mol. The van der Waals surface area contributed by atoms with Crippen LogP contribution in [0.1, 0.15) is 18.4 Å². The molecular formula is C19H19F2N3O. The Kier molecular flexibility index (Phi) is 4.00. The summed E-state index contributed by atoms with van der Waals surface area (Å²) >= 11 is 0. The predicted octanol–water partition coefficient (Wildman–Crippen LogP) is 2.99. The Balaban J connectivity index is 1.47. The Morgan fingerprint density at radius 1 is 1.16 bits per heavy atom. The minimum atomic E-state index is -0.920. The van der Waals surface area contributed by atoms with Crippen LogP contribution in [0.4, 0.5) is 14.5 Å². The number of benzene rings is 1. The number of hydrogen-bond acceptors (Lipinski definition) is 3. The van der Waals surface area contributed by atoms with Crippen molar-refractivity contribution in [3.8, 4) is 0 Å². The van der Waals surface area contributed by atoms with Gasteiger partial charge in [0, 0.05) is 55.6 Å². The van der Waals surface area contributed by atoms with Crippen molar-refractivity contribution in [3.05, 3.63) is 59.9 Å². The van der Waals surface area contributed by atoms with Gasteiger partial charge in [-0.2, -0.15) is 0 Å². The van der Waals surface area contributed by atoms with E-state index in [1.165, 1.54) is 6.07 Å². The van der Waals surface area contributed by atoms with Crippen molar-refractivity contribution < 1.29 is 13.6 Å². The van der Waals surface area contributed by atoms with Crippen molar-refractivity contribution >= 4 is 11.6 Å². The van der Waals surface area contributed by atoms with E-state index in [9.17, 15) is 13.6 Å². The third-order valence-corrected chi connectivity index (χ3v) is 5.18. The second kappa shape index (κ2) is 6.19. The molecule has 0 bridgehead atoms. The zero-order valence-electron chi connectivity index (χ0n) is 13.8. The van der Waals surface area contributed by atoms with E-state index in [1.807, 2.05) is 18.3 Å². The molecule has 0 aliphatic carbocycles. The highest BCUT2D eigenvalue weighted by Gasteiger charge is 2.47. The number of nitrogens with zero attached hydrogens (tertiary/aromatic N) is 3. The van der Waals surface area contributed by atoms with Crippen LogP contribution in [0.2, 0.25) is 0 Å². The van der Waals surface area contributed by atoms with Gasteiger partial charge in [-0.1, -0.05) is 6.07 Å². The van der Waals surface area contributed by atoms with E-state index in [2.05, 4.69) is 9.88 Å². The van der Waals surface area contributed by atoms with Gasteiger partial charge < -0.3 is 4.90 Å². The molecule has 1 unspecified atom stereocenters. The van der Waals surface area contributed by atoms with Crippen LogP contribution >= 0.6 is 0 Å². The Morgan fingerprint density at radius 3 is 2.80 bits per heavy atom. The van der Waals surface area contributed by atoms with Gasteiger partial charge in [-0.15, -0.1) is 0 Å². The van der Waals surface area contributed by atoms with Gasteiger partial charge >= 0.3 is 0 Å². The Labute approximate surface area is 145 Å². The summed E-state index contributed by atoms with van der Waals surface area (Å²) in [6.45, 7) is 3.12. The van der Waals surface area contributed by atoms with Gasteiger partial charge in [0.05, 0.1) is 0 Å². The molecule has 2 fully saturated rings. The minimum Gasteiger partial charge on any atom is -0.312 e. The van der Waals surface area contributed by atoms with Crippen LogP contribution in [0.25, 0.3) is 0 Å². The summed E-state index contributed by atoms with van der Waals surface area (Å²) in [5, 5.41) is 0. The lowest BCUT2D eigenvalue weighted by Gasteiger charge is -2.24. The van der Waals surface area contributed by atoms with Crippen molar-refractivity contribution in [1.29, 1.82) is 0 Å². The van der Waals surface area contributed by atoms with Crippen LogP contribution in [0.5, 0.6) is 0 Å². The molecule has 4 rings (SSSR count). The lowest BCUT2D eigenvalue weighted by Crippen LogP contribution is -2.31. The molecule has 130 valence electrons. The molecule has 1 atom stereocenters. The second-order valence-electron chi connectivity index (χ2n) is 7.08. The first-order valence-corrected chi connectivity index (χ1v) is 8.41. The number of likely N-dealkylation sites (tertiary alicyclic amines) is 1. The molecule has 2 saturated heterocycles. The maximum atomic E-state index is 13.5. The summed E-state index contributed by atoms with van der Waals surface area (Å²) in [7, 11) is 0. The summed E-state index contributed by atoms with van der Waals surface area (Å²) in [6, 6.07) is 7.62. The average molecular weight is 343 g/mol. The van der Waals surface area contributed by atoms with E-state index in [4.69, 9.17) is 0 Å². The largest absolute Gasteiger partial charge is 0.312 e. The maximum Gasteiger partial charge on any atom is 0.227 e. The van der Waals surface area contributed by atoms with Crippen LogP contribution in [-0.2, 0) is 11.3 Å². The van der Waals surface area contributed by atoms with E-state index in [1.54, 1.807) is 11.1 Å². The quantitative estimate of drug-likeness (QED) is 0.860. The lowest BCUT2D eigenvalue weighted by molar-refractivity contribution is -0.117. The normalized spacial score (nSPS) is 23.8. The highest BCUT2D eigenvalue weighted by Crippen LogP contribution is 2.42. The summed E-state index contributed by atoms with van der Waals surface area (Å²) in [5.41, 5.74) is 1.48. The molecule has 0 N–H and O–H groups in total. The number of amides is 1. The topological polar surface area (TPSA) is 36.4 Å². The molecule has 1 aromatic heterocycles. The third-order valence-electron chi connectivity index (χ3n) is 5.18. The van der Waals surface area contributed by atoms with Gasteiger partial charge in [-0.25, -0.2) is 8.78 Å². The van der Waals surface area contributed by atoms with Crippen LogP contribution in [0.3, 0.4) is 0 Å². The first-order valence-electron chi connectivity index (χ1n) is 8.41. The van der Waals surface area contributed by atoms with Gasteiger partial charge in [0.25, 0.3) is 0 Å². The SMILES string of the molecule is O=C1CC2(CCN(Cc3cccnc3)C2)CN1c1ccc(F)c(F)c1. The molecule has 2 aliphatic heterocycles. The Bertz CT molecular complexity index is 799. The standard InChI is InChI=1S/C19H19F2N3O/c20-16-4-3-15(8-17(16)21)24-13-19(9-18(24)25)5-7-23(12-19)11-14-2-1-6-22-10-14/h1-4,6,8,10H,5,7,9,11-13H2. The van der Waals surface area contributed by atoms with E-state index in [0.29, 0.717) is 18.7 Å². The van der Waals surface area contributed by atoms with E-state index in [0.717, 1.165) is 43.8 Å². The highest BCUT2D eigenvalue weighted by molar-refractivity contribution is 5.96. The lowest BCUT2D eigenvalue weighted by atomic mass is 9.86. The molecule has 2 aromatic rings. The minimum absolute atomic E-state index is 0.0192. The fourth-order valence-corrected chi connectivity index (χ4v) is 3.97. The first-order chi connectivity index (χ1) is 12.0. The summed E-state index contributed by atoms with van der Waals surface area (Å²) in [6.07, 6.45) is 5.00. The number of aromatic nitrogens is 1. The molecular weight excluding hydrogens is 324 g/mol. The maximum absolute atomic E-state index is 13.5. The molecule has 6 heteroatoms. The molecule has 0 radical (unpaired) electrons. The molecule has 1 amide bonds. The Morgan fingerprint density at radius 2 is 2.04 bits per heavy atom. The molecule has 4 nitrogen and oxygen atoms in total.